The van der Waals surface area contributed by atoms with Crippen LogP contribution in [-0.4, -0.2) is 25.7 Å². The molecule has 0 saturated heterocycles. The van der Waals surface area contributed by atoms with Gasteiger partial charge in [-0.15, -0.1) is 0 Å². The van der Waals surface area contributed by atoms with Crippen molar-refractivity contribution in [2.45, 2.75) is 46.5 Å². The van der Waals surface area contributed by atoms with E-state index in [9.17, 15) is 9.59 Å². The fraction of sp³-hybridized carbons (Fsp3) is 0.833. The van der Waals surface area contributed by atoms with Crippen molar-refractivity contribution in [1.29, 1.82) is 0 Å². The van der Waals surface area contributed by atoms with E-state index in [1.165, 1.54) is 0 Å². The first-order chi connectivity index (χ1) is 7.43. The summed E-state index contributed by atoms with van der Waals surface area (Å²) in [6, 6.07) is 0. The fourth-order valence-corrected chi connectivity index (χ4v) is 1.34. The monoisotopic (exact) mass is 230 g/mol. The maximum absolute atomic E-state index is 11.0. The molecule has 0 aromatic rings. The zero-order valence-corrected chi connectivity index (χ0v) is 10.7. The zero-order chi connectivity index (χ0) is 12.6. The van der Waals surface area contributed by atoms with E-state index in [0.29, 0.717) is 0 Å². The van der Waals surface area contributed by atoms with Crippen LogP contribution in [0, 0.1) is 5.41 Å². The lowest BCUT2D eigenvalue weighted by Crippen LogP contribution is -2.22. The predicted molar refractivity (Wildman–Crippen MR) is 60.9 cm³/mol. The van der Waals surface area contributed by atoms with Crippen molar-refractivity contribution >= 4 is 11.9 Å². The molecule has 0 radical (unpaired) electrons. The van der Waals surface area contributed by atoms with Crippen LogP contribution >= 0.6 is 0 Å². The van der Waals surface area contributed by atoms with Crippen LogP contribution in [0.5, 0.6) is 0 Å². The Bertz CT molecular complexity index is 233. The van der Waals surface area contributed by atoms with Gasteiger partial charge in [0.15, 0.2) is 0 Å². The van der Waals surface area contributed by atoms with Crippen LogP contribution in [0.15, 0.2) is 0 Å². The van der Waals surface area contributed by atoms with Crippen LogP contribution < -0.4 is 0 Å². The number of hydrogen-bond donors (Lipinski definition) is 0. The van der Waals surface area contributed by atoms with Crippen molar-refractivity contribution in [3.05, 3.63) is 0 Å². The lowest BCUT2D eigenvalue weighted by atomic mass is 9.84. The summed E-state index contributed by atoms with van der Waals surface area (Å²) >= 11 is 0. The first kappa shape index (κ1) is 14.9. The summed E-state index contributed by atoms with van der Waals surface area (Å²) in [5.41, 5.74) is 0.145. The van der Waals surface area contributed by atoms with E-state index in [1.807, 2.05) is 0 Å². The standard InChI is InChI=1S/C12H22O4/c1-5-6-7-12(2,3)8-9-16-11(14)10(13)15-4/h5-9H2,1-4H3. The van der Waals surface area contributed by atoms with Gasteiger partial charge in [-0.3, -0.25) is 0 Å². The van der Waals surface area contributed by atoms with E-state index in [1.54, 1.807) is 0 Å². The van der Waals surface area contributed by atoms with Gasteiger partial charge >= 0.3 is 11.9 Å². The molecule has 0 saturated carbocycles. The second-order valence-corrected chi connectivity index (χ2v) is 4.65. The van der Waals surface area contributed by atoms with Gasteiger partial charge in [0.2, 0.25) is 0 Å². The van der Waals surface area contributed by atoms with Gasteiger partial charge in [-0.1, -0.05) is 33.6 Å². The molecule has 4 nitrogen and oxygen atoms in total. The number of methoxy groups -OCH3 is 1. The molecule has 0 amide bonds. The van der Waals surface area contributed by atoms with E-state index in [-0.39, 0.29) is 12.0 Å². The third-order valence-corrected chi connectivity index (χ3v) is 2.57. The van der Waals surface area contributed by atoms with Crippen LogP contribution in [0.25, 0.3) is 0 Å². The van der Waals surface area contributed by atoms with Crippen LogP contribution in [0.1, 0.15) is 46.5 Å². The normalized spacial score (nSPS) is 11.0. The average molecular weight is 230 g/mol. The first-order valence-corrected chi connectivity index (χ1v) is 5.68. The molecule has 0 unspecified atom stereocenters. The number of unbranched alkanes of at least 4 members (excludes halogenated alkanes) is 1. The molecule has 0 aliphatic carbocycles. The average Bonchev–Trinajstić information content (AvgIpc) is 2.24. The zero-order valence-electron chi connectivity index (χ0n) is 10.7. The summed E-state index contributed by atoms with van der Waals surface area (Å²) < 4.78 is 9.04. The highest BCUT2D eigenvalue weighted by atomic mass is 16.6. The minimum atomic E-state index is -0.939. The maximum Gasteiger partial charge on any atom is 0.417 e. The van der Waals surface area contributed by atoms with Gasteiger partial charge < -0.3 is 9.47 Å². The Labute approximate surface area is 97.3 Å². The molecule has 16 heavy (non-hydrogen) atoms. The van der Waals surface area contributed by atoms with Crippen molar-refractivity contribution in [3.63, 3.8) is 0 Å². The Balaban J connectivity index is 3.79. The van der Waals surface area contributed by atoms with Gasteiger partial charge in [-0.25, -0.2) is 9.59 Å². The number of ether oxygens (including phenoxy) is 2. The Hall–Kier alpha value is -1.06. The predicted octanol–water partition coefficient (Wildman–Crippen LogP) is 2.31. The Kier molecular flexibility index (Phi) is 6.77. The Morgan fingerprint density at radius 2 is 1.75 bits per heavy atom. The second-order valence-electron chi connectivity index (χ2n) is 4.65. The number of rotatable bonds is 6. The quantitative estimate of drug-likeness (QED) is 0.519. The van der Waals surface area contributed by atoms with Crippen molar-refractivity contribution in [2.24, 2.45) is 5.41 Å². The number of hydrogen-bond acceptors (Lipinski definition) is 4. The highest BCUT2D eigenvalue weighted by Gasteiger charge is 2.20. The highest BCUT2D eigenvalue weighted by Crippen LogP contribution is 2.27. The molecule has 0 fully saturated rings. The summed E-state index contributed by atoms with van der Waals surface area (Å²) in [4.78, 5) is 21.7. The molecule has 0 aromatic heterocycles. The minimum absolute atomic E-state index is 0.145. The van der Waals surface area contributed by atoms with Crippen molar-refractivity contribution in [3.8, 4) is 0 Å². The molecular weight excluding hydrogens is 208 g/mol. The number of carbonyl (C=O) groups excluding carboxylic acids is 2. The van der Waals surface area contributed by atoms with Gasteiger partial charge in [0.25, 0.3) is 0 Å². The molecule has 0 aliphatic rings. The van der Waals surface area contributed by atoms with Gasteiger partial charge in [-0.05, 0) is 18.3 Å². The topological polar surface area (TPSA) is 52.6 Å². The number of carbonyl (C=O) groups is 2. The van der Waals surface area contributed by atoms with Crippen LogP contribution in [0.2, 0.25) is 0 Å². The molecule has 0 spiro atoms. The van der Waals surface area contributed by atoms with E-state index in [4.69, 9.17) is 4.74 Å². The molecule has 0 aliphatic heterocycles. The summed E-state index contributed by atoms with van der Waals surface area (Å²) in [6.45, 7) is 6.68. The smallest absolute Gasteiger partial charge is 0.417 e. The van der Waals surface area contributed by atoms with Crippen LogP contribution in [-0.2, 0) is 19.1 Å². The molecule has 0 bridgehead atoms. The van der Waals surface area contributed by atoms with Gasteiger partial charge in [0, 0.05) is 0 Å². The van der Waals surface area contributed by atoms with Crippen molar-refractivity contribution in [2.75, 3.05) is 13.7 Å². The second kappa shape index (κ2) is 7.25. The largest absolute Gasteiger partial charge is 0.461 e. The molecule has 94 valence electrons. The molecule has 0 aromatic carbocycles. The van der Waals surface area contributed by atoms with E-state index >= 15 is 0 Å². The maximum atomic E-state index is 11.0. The molecular formula is C12H22O4. The first-order valence-electron chi connectivity index (χ1n) is 5.68. The number of esters is 2. The van der Waals surface area contributed by atoms with Crippen LogP contribution in [0.4, 0.5) is 0 Å². The lowest BCUT2D eigenvalue weighted by molar-refractivity contribution is -0.166. The van der Waals surface area contributed by atoms with Gasteiger partial charge in [0.1, 0.15) is 0 Å². The molecule has 0 rings (SSSR count). The van der Waals surface area contributed by atoms with E-state index < -0.39 is 11.9 Å². The molecule has 4 heteroatoms. The van der Waals surface area contributed by atoms with Gasteiger partial charge in [-0.2, -0.15) is 0 Å². The molecule has 0 atom stereocenters. The summed E-state index contributed by atoms with van der Waals surface area (Å²) in [5, 5.41) is 0. The highest BCUT2D eigenvalue weighted by molar-refractivity contribution is 6.29. The van der Waals surface area contributed by atoms with E-state index in [2.05, 4.69) is 25.5 Å². The van der Waals surface area contributed by atoms with Gasteiger partial charge in [0.05, 0.1) is 13.7 Å². The third-order valence-electron chi connectivity index (χ3n) is 2.57. The summed E-state index contributed by atoms with van der Waals surface area (Å²) in [6.07, 6.45) is 4.18. The summed E-state index contributed by atoms with van der Waals surface area (Å²) in [7, 11) is 1.16. The van der Waals surface area contributed by atoms with Crippen molar-refractivity contribution in [1.82, 2.24) is 0 Å². The fourth-order valence-electron chi connectivity index (χ4n) is 1.34. The SMILES string of the molecule is CCCCC(C)(C)CCOC(=O)C(=O)OC. The molecule has 0 N–H and O–H groups in total. The third kappa shape index (κ3) is 6.43. The molecule has 0 heterocycles. The van der Waals surface area contributed by atoms with Crippen molar-refractivity contribution < 1.29 is 19.1 Å². The lowest BCUT2D eigenvalue weighted by Gasteiger charge is -2.23. The summed E-state index contributed by atoms with van der Waals surface area (Å²) in [5.74, 6) is -1.85. The Morgan fingerprint density at radius 1 is 1.12 bits per heavy atom. The van der Waals surface area contributed by atoms with Crippen LogP contribution in [0.3, 0.4) is 0 Å². The minimum Gasteiger partial charge on any atom is -0.461 e. The Morgan fingerprint density at radius 3 is 2.25 bits per heavy atom. The van der Waals surface area contributed by atoms with E-state index in [0.717, 1.165) is 32.8 Å².